The summed E-state index contributed by atoms with van der Waals surface area (Å²) in [5.41, 5.74) is 2.08. The molecule has 4 aromatic rings. The van der Waals surface area contributed by atoms with Gasteiger partial charge in [-0.15, -0.1) is 0 Å². The molecule has 9 heteroatoms. The van der Waals surface area contributed by atoms with Crippen LogP contribution in [0.25, 0.3) is 27.6 Å². The Balaban J connectivity index is 1.61. The van der Waals surface area contributed by atoms with Crippen LogP contribution >= 0.6 is 0 Å². The normalized spacial score (nSPS) is 16.0. The van der Waals surface area contributed by atoms with E-state index in [1.807, 2.05) is 26.8 Å². The van der Waals surface area contributed by atoms with Gasteiger partial charge in [-0.1, -0.05) is 39.8 Å². The third kappa shape index (κ3) is 5.59. The fourth-order valence-electron chi connectivity index (χ4n) is 5.28. The number of aliphatic hydroxyl groups is 1. The number of fused-ring (bicyclic) bond motifs is 1. The van der Waals surface area contributed by atoms with Gasteiger partial charge < -0.3 is 15.0 Å². The van der Waals surface area contributed by atoms with Crippen molar-refractivity contribution in [3.8, 4) is 16.8 Å². The summed E-state index contributed by atoms with van der Waals surface area (Å²) in [5, 5.41) is 18.5. The fourth-order valence-corrected chi connectivity index (χ4v) is 5.28. The van der Waals surface area contributed by atoms with Crippen molar-refractivity contribution >= 4 is 22.3 Å². The number of benzene rings is 2. The van der Waals surface area contributed by atoms with Gasteiger partial charge in [-0.2, -0.15) is 9.78 Å². The van der Waals surface area contributed by atoms with Gasteiger partial charge in [-0.3, -0.25) is 14.6 Å². The van der Waals surface area contributed by atoms with Crippen molar-refractivity contribution in [1.29, 1.82) is 0 Å². The molecule has 3 heterocycles. The number of anilines is 1. The van der Waals surface area contributed by atoms with E-state index in [0.29, 0.717) is 45.9 Å². The third-order valence-electron chi connectivity index (χ3n) is 7.81. The second-order valence-corrected chi connectivity index (χ2v) is 11.9. The van der Waals surface area contributed by atoms with E-state index in [4.69, 9.17) is 0 Å². The minimum absolute atomic E-state index is 0.0608. The zero-order valence-electron chi connectivity index (χ0n) is 24.2. The van der Waals surface area contributed by atoms with Crippen LogP contribution in [-0.4, -0.2) is 31.8 Å². The lowest BCUT2D eigenvalue weighted by Crippen LogP contribution is -2.25. The molecule has 8 nitrogen and oxygen atoms in total. The number of amidine groups is 1. The summed E-state index contributed by atoms with van der Waals surface area (Å²) in [6, 6.07) is 10.2. The molecule has 0 amide bonds. The van der Waals surface area contributed by atoms with E-state index in [-0.39, 0.29) is 16.4 Å². The third-order valence-corrected chi connectivity index (χ3v) is 7.81. The van der Waals surface area contributed by atoms with E-state index >= 15 is 4.39 Å². The van der Waals surface area contributed by atoms with Crippen molar-refractivity contribution in [2.45, 2.75) is 59.0 Å². The Labute approximate surface area is 238 Å². The van der Waals surface area contributed by atoms with E-state index in [1.165, 1.54) is 16.8 Å². The van der Waals surface area contributed by atoms with Crippen LogP contribution in [0, 0.1) is 11.7 Å². The van der Waals surface area contributed by atoms with E-state index < -0.39 is 18.0 Å². The number of aromatic nitrogens is 3. The van der Waals surface area contributed by atoms with E-state index in [0.717, 1.165) is 35.3 Å². The highest BCUT2D eigenvalue weighted by Gasteiger charge is 2.21. The van der Waals surface area contributed by atoms with Crippen molar-refractivity contribution in [3.05, 3.63) is 86.4 Å². The number of halogens is 1. The van der Waals surface area contributed by atoms with Crippen molar-refractivity contribution in [1.82, 2.24) is 14.3 Å². The molecule has 41 heavy (non-hydrogen) atoms. The topological polar surface area (TPSA) is 102 Å². The Bertz CT molecular complexity index is 1780. The van der Waals surface area contributed by atoms with Gasteiger partial charge in [0.15, 0.2) is 0 Å². The second-order valence-electron chi connectivity index (χ2n) is 11.9. The van der Waals surface area contributed by atoms with Crippen LogP contribution in [0.15, 0.2) is 63.4 Å². The van der Waals surface area contributed by atoms with Gasteiger partial charge in [0, 0.05) is 42.7 Å². The summed E-state index contributed by atoms with van der Waals surface area (Å²) in [6.45, 7) is 8.45. The maximum absolute atomic E-state index is 15.3. The molecule has 0 saturated carbocycles. The average Bonchev–Trinajstić information content (AvgIpc) is 3.13. The first-order valence-electron chi connectivity index (χ1n) is 13.9. The molecule has 5 rings (SSSR count). The van der Waals surface area contributed by atoms with E-state index in [9.17, 15) is 14.7 Å². The standard InChI is InChI=1S/C32H36FN5O3/c1-19-9-10-28(34-12-11-19)36-26-14-21(17-37(5)30(26)40)23-7-6-8-27(24(23)18-39)38-31(41)29-20(16-35-38)13-22(15-25(29)33)32(2,3)4/h6-8,13-17,19,39H,9-12,18H2,1-5H3,(H,34,36). The van der Waals surface area contributed by atoms with Crippen molar-refractivity contribution in [2.75, 3.05) is 11.9 Å². The zero-order chi connectivity index (χ0) is 29.5. The first-order chi connectivity index (χ1) is 19.5. The highest BCUT2D eigenvalue weighted by molar-refractivity contribution is 5.96. The van der Waals surface area contributed by atoms with Crippen LogP contribution < -0.4 is 16.4 Å². The SMILES string of the molecule is CC1CCN=C(Nc2cc(-c3cccc(-n4ncc5cc(C(C)(C)C)cc(F)c5c4=O)c3CO)cn(C)c2=O)CC1. The van der Waals surface area contributed by atoms with Crippen LogP contribution in [0.3, 0.4) is 0 Å². The lowest BCUT2D eigenvalue weighted by molar-refractivity contribution is 0.282. The predicted molar refractivity (Wildman–Crippen MR) is 162 cm³/mol. The molecule has 0 aliphatic carbocycles. The predicted octanol–water partition coefficient (Wildman–Crippen LogP) is 5.31. The van der Waals surface area contributed by atoms with Crippen LogP contribution in [0.5, 0.6) is 0 Å². The van der Waals surface area contributed by atoms with Gasteiger partial charge in [0.1, 0.15) is 17.3 Å². The van der Waals surface area contributed by atoms with E-state index in [1.54, 1.807) is 37.5 Å². The summed E-state index contributed by atoms with van der Waals surface area (Å²) < 4.78 is 17.9. The molecule has 0 fully saturated rings. The number of hydrogen-bond donors (Lipinski definition) is 2. The molecule has 1 unspecified atom stereocenters. The van der Waals surface area contributed by atoms with Gasteiger partial charge in [0.05, 0.1) is 23.9 Å². The molecule has 1 aliphatic heterocycles. The Morgan fingerprint density at radius 2 is 1.90 bits per heavy atom. The number of nitrogens with zero attached hydrogens (tertiary/aromatic N) is 4. The lowest BCUT2D eigenvalue weighted by atomic mass is 9.86. The number of aryl methyl sites for hydroxylation is 1. The Kier molecular flexibility index (Phi) is 7.66. The van der Waals surface area contributed by atoms with Gasteiger partial charge in [0.25, 0.3) is 11.1 Å². The van der Waals surface area contributed by atoms with Gasteiger partial charge in [-0.25, -0.2) is 4.39 Å². The van der Waals surface area contributed by atoms with E-state index in [2.05, 4.69) is 22.3 Å². The molecule has 2 N–H and O–H groups in total. The van der Waals surface area contributed by atoms with Crippen molar-refractivity contribution in [2.24, 2.45) is 18.0 Å². The number of nitrogens with one attached hydrogen (secondary N) is 1. The summed E-state index contributed by atoms with van der Waals surface area (Å²) in [4.78, 5) is 31.2. The van der Waals surface area contributed by atoms with Gasteiger partial charge >= 0.3 is 0 Å². The Hall–Kier alpha value is -4.11. The lowest BCUT2D eigenvalue weighted by Gasteiger charge is -2.20. The first-order valence-corrected chi connectivity index (χ1v) is 13.9. The van der Waals surface area contributed by atoms with Crippen LogP contribution in [0.2, 0.25) is 0 Å². The molecule has 1 atom stereocenters. The Morgan fingerprint density at radius 1 is 1.12 bits per heavy atom. The molecule has 2 aromatic carbocycles. The van der Waals surface area contributed by atoms with Gasteiger partial charge in [0.2, 0.25) is 0 Å². The summed E-state index contributed by atoms with van der Waals surface area (Å²) in [5.74, 6) is 0.742. The summed E-state index contributed by atoms with van der Waals surface area (Å²) >= 11 is 0. The largest absolute Gasteiger partial charge is 0.392 e. The number of hydrogen-bond acceptors (Lipinski definition) is 6. The number of aliphatic hydroxyl groups excluding tert-OH is 1. The smallest absolute Gasteiger partial charge is 0.282 e. The minimum Gasteiger partial charge on any atom is -0.392 e. The molecule has 0 radical (unpaired) electrons. The van der Waals surface area contributed by atoms with Crippen LogP contribution in [-0.2, 0) is 19.1 Å². The summed E-state index contributed by atoms with van der Waals surface area (Å²) in [6.07, 6.45) is 5.93. The average molecular weight is 558 g/mol. The van der Waals surface area contributed by atoms with Crippen LogP contribution in [0.1, 0.15) is 58.1 Å². The molecule has 2 aromatic heterocycles. The Morgan fingerprint density at radius 3 is 2.63 bits per heavy atom. The number of pyridine rings is 1. The molecule has 1 aliphatic rings. The van der Waals surface area contributed by atoms with Crippen molar-refractivity contribution < 1.29 is 9.50 Å². The molecular weight excluding hydrogens is 521 g/mol. The quantitative estimate of drug-likeness (QED) is 0.354. The molecule has 0 saturated heterocycles. The zero-order valence-corrected chi connectivity index (χ0v) is 24.2. The highest BCUT2D eigenvalue weighted by Crippen LogP contribution is 2.30. The molecule has 0 spiro atoms. The highest BCUT2D eigenvalue weighted by atomic mass is 19.1. The first kappa shape index (κ1) is 28.4. The summed E-state index contributed by atoms with van der Waals surface area (Å²) in [7, 11) is 1.67. The van der Waals surface area contributed by atoms with Gasteiger partial charge in [-0.05, 0) is 59.6 Å². The molecule has 214 valence electrons. The monoisotopic (exact) mass is 557 g/mol. The fraction of sp³-hybridized carbons (Fsp3) is 0.375. The second kappa shape index (κ2) is 11.0. The van der Waals surface area contributed by atoms with Crippen molar-refractivity contribution in [3.63, 3.8) is 0 Å². The number of rotatable bonds is 4. The molecule has 0 bridgehead atoms. The molecular formula is C32H36FN5O3. The minimum atomic E-state index is -0.615. The number of aliphatic imine (C=N–C) groups is 1. The van der Waals surface area contributed by atoms with Crippen LogP contribution in [0.4, 0.5) is 10.1 Å². The maximum Gasteiger partial charge on any atom is 0.282 e. The maximum atomic E-state index is 15.3.